The van der Waals surface area contributed by atoms with Gasteiger partial charge in [0.2, 0.25) is 20.0 Å². The highest BCUT2D eigenvalue weighted by atomic mass is 35.5. The van der Waals surface area contributed by atoms with Crippen molar-refractivity contribution in [2.24, 2.45) is 0 Å². The van der Waals surface area contributed by atoms with E-state index in [1.807, 2.05) is 0 Å². The summed E-state index contributed by atoms with van der Waals surface area (Å²) < 4.78 is 53.4. The molecular weight excluding hydrogens is 374 g/mol. The van der Waals surface area contributed by atoms with Gasteiger partial charge in [0.1, 0.15) is 0 Å². The van der Waals surface area contributed by atoms with Crippen LogP contribution in [0.2, 0.25) is 0 Å². The SMILES string of the molecule is Cl.O=S(=O)(c1cccc(S(=O)(=O)N2CCNCC2)c1)N1CCCC1. The molecule has 2 heterocycles. The molecule has 7 nitrogen and oxygen atoms in total. The largest absolute Gasteiger partial charge is 0.314 e. The van der Waals surface area contributed by atoms with E-state index in [0.717, 1.165) is 12.8 Å². The van der Waals surface area contributed by atoms with Crippen molar-refractivity contribution in [3.8, 4) is 0 Å². The Labute approximate surface area is 149 Å². The van der Waals surface area contributed by atoms with Crippen LogP contribution in [0.1, 0.15) is 12.8 Å². The molecule has 2 saturated heterocycles. The fourth-order valence-corrected chi connectivity index (χ4v) is 6.03. The predicted octanol–water partition coefficient (Wildman–Crippen LogP) is 0.487. The van der Waals surface area contributed by atoms with Crippen LogP contribution in [0, 0.1) is 0 Å². The van der Waals surface area contributed by atoms with Gasteiger partial charge in [0, 0.05) is 39.3 Å². The predicted molar refractivity (Wildman–Crippen MR) is 93.3 cm³/mol. The summed E-state index contributed by atoms with van der Waals surface area (Å²) in [6, 6.07) is 5.70. The summed E-state index contributed by atoms with van der Waals surface area (Å²) in [5.74, 6) is 0. The molecule has 0 bridgehead atoms. The zero-order chi connectivity index (χ0) is 16.5. The number of piperazine rings is 1. The first-order valence-electron chi connectivity index (χ1n) is 7.73. The highest BCUT2D eigenvalue weighted by molar-refractivity contribution is 7.90. The maximum absolute atomic E-state index is 12.7. The molecule has 24 heavy (non-hydrogen) atoms. The minimum absolute atomic E-state index is 0. The second kappa shape index (κ2) is 7.67. The lowest BCUT2D eigenvalue weighted by Crippen LogP contribution is -2.46. The molecular formula is C14H22ClN3O4S2. The van der Waals surface area contributed by atoms with Crippen LogP contribution in [0.3, 0.4) is 0 Å². The monoisotopic (exact) mass is 395 g/mol. The Hall–Kier alpha value is -0.710. The molecule has 1 aromatic rings. The Balaban J connectivity index is 0.00000208. The molecule has 2 fully saturated rings. The topological polar surface area (TPSA) is 86.8 Å². The maximum atomic E-state index is 12.7. The molecule has 2 aliphatic rings. The summed E-state index contributed by atoms with van der Waals surface area (Å²) in [4.78, 5) is 0.0929. The smallest absolute Gasteiger partial charge is 0.243 e. The molecule has 0 spiro atoms. The third-order valence-corrected chi connectivity index (χ3v) is 8.01. The maximum Gasteiger partial charge on any atom is 0.243 e. The Kier molecular flexibility index (Phi) is 6.27. The highest BCUT2D eigenvalue weighted by Crippen LogP contribution is 2.24. The number of hydrogen-bond donors (Lipinski definition) is 1. The van der Waals surface area contributed by atoms with E-state index >= 15 is 0 Å². The van der Waals surface area contributed by atoms with Gasteiger partial charge in [-0.3, -0.25) is 0 Å². The lowest BCUT2D eigenvalue weighted by Gasteiger charge is -2.26. The molecule has 1 aromatic carbocycles. The highest BCUT2D eigenvalue weighted by Gasteiger charge is 2.30. The summed E-state index contributed by atoms with van der Waals surface area (Å²) >= 11 is 0. The van der Waals surface area contributed by atoms with Crippen LogP contribution in [-0.4, -0.2) is 64.7 Å². The molecule has 1 N–H and O–H groups in total. The van der Waals surface area contributed by atoms with Crippen LogP contribution < -0.4 is 5.32 Å². The first-order valence-corrected chi connectivity index (χ1v) is 10.6. The van der Waals surface area contributed by atoms with Crippen molar-refractivity contribution in [2.75, 3.05) is 39.3 Å². The van der Waals surface area contributed by atoms with Gasteiger partial charge in [-0.1, -0.05) is 6.07 Å². The molecule has 0 radical (unpaired) electrons. The van der Waals surface area contributed by atoms with E-state index < -0.39 is 20.0 Å². The molecule has 0 amide bonds. The average Bonchev–Trinajstić information content (AvgIpc) is 3.11. The second-order valence-corrected chi connectivity index (χ2v) is 9.62. The number of rotatable bonds is 4. The van der Waals surface area contributed by atoms with E-state index in [9.17, 15) is 16.8 Å². The van der Waals surface area contributed by atoms with E-state index in [1.54, 1.807) is 0 Å². The van der Waals surface area contributed by atoms with Crippen LogP contribution in [0.15, 0.2) is 34.1 Å². The molecule has 0 aromatic heterocycles. The van der Waals surface area contributed by atoms with E-state index in [4.69, 9.17) is 0 Å². The number of hydrogen-bond acceptors (Lipinski definition) is 5. The van der Waals surface area contributed by atoms with Crippen LogP contribution in [0.4, 0.5) is 0 Å². The zero-order valence-electron chi connectivity index (χ0n) is 13.2. The quantitative estimate of drug-likeness (QED) is 0.801. The molecule has 3 rings (SSSR count). The van der Waals surface area contributed by atoms with Crippen molar-refractivity contribution < 1.29 is 16.8 Å². The summed E-state index contributed by atoms with van der Waals surface area (Å²) in [6.45, 7) is 2.99. The van der Waals surface area contributed by atoms with Gasteiger partial charge in [-0.05, 0) is 31.0 Å². The molecule has 0 unspecified atom stereocenters. The Morgan fingerprint density at radius 3 is 1.75 bits per heavy atom. The Morgan fingerprint density at radius 2 is 1.25 bits per heavy atom. The number of benzene rings is 1. The van der Waals surface area contributed by atoms with Gasteiger partial charge in [0.25, 0.3) is 0 Å². The van der Waals surface area contributed by atoms with E-state index in [2.05, 4.69) is 5.32 Å². The molecule has 0 aliphatic carbocycles. The van der Waals surface area contributed by atoms with E-state index in [0.29, 0.717) is 39.3 Å². The first-order chi connectivity index (χ1) is 10.9. The lowest BCUT2D eigenvalue weighted by atomic mass is 10.4. The van der Waals surface area contributed by atoms with Gasteiger partial charge in [-0.2, -0.15) is 8.61 Å². The van der Waals surface area contributed by atoms with Gasteiger partial charge in [0.15, 0.2) is 0 Å². The molecule has 10 heteroatoms. The van der Waals surface area contributed by atoms with Crippen molar-refractivity contribution in [2.45, 2.75) is 22.6 Å². The van der Waals surface area contributed by atoms with Crippen molar-refractivity contribution in [1.29, 1.82) is 0 Å². The minimum atomic E-state index is -3.66. The van der Waals surface area contributed by atoms with Gasteiger partial charge >= 0.3 is 0 Å². The molecule has 0 saturated carbocycles. The third kappa shape index (κ3) is 3.76. The second-order valence-electron chi connectivity index (χ2n) is 5.74. The summed E-state index contributed by atoms with van der Waals surface area (Å²) in [5.41, 5.74) is 0. The Bertz CT molecular complexity index is 771. The number of nitrogens with one attached hydrogen (secondary N) is 1. The first kappa shape index (κ1) is 19.6. The van der Waals surface area contributed by atoms with Crippen molar-refractivity contribution in [3.05, 3.63) is 24.3 Å². The summed E-state index contributed by atoms with van der Waals surface area (Å²) in [5, 5.41) is 3.10. The van der Waals surface area contributed by atoms with Gasteiger partial charge in [-0.15, -0.1) is 12.4 Å². The zero-order valence-corrected chi connectivity index (χ0v) is 15.7. The number of nitrogens with zero attached hydrogens (tertiary/aromatic N) is 2. The third-order valence-electron chi connectivity index (χ3n) is 4.22. The lowest BCUT2D eigenvalue weighted by molar-refractivity contribution is 0.360. The normalized spacial score (nSPS) is 20.7. The van der Waals surface area contributed by atoms with Crippen LogP contribution in [0.25, 0.3) is 0 Å². The van der Waals surface area contributed by atoms with Crippen molar-refractivity contribution in [3.63, 3.8) is 0 Å². The van der Waals surface area contributed by atoms with Crippen molar-refractivity contribution in [1.82, 2.24) is 13.9 Å². The number of sulfonamides is 2. The fraction of sp³-hybridized carbons (Fsp3) is 0.571. The number of halogens is 1. The van der Waals surface area contributed by atoms with Crippen molar-refractivity contribution >= 4 is 32.5 Å². The van der Waals surface area contributed by atoms with E-state index in [1.165, 1.54) is 32.9 Å². The van der Waals surface area contributed by atoms with Gasteiger partial charge < -0.3 is 5.32 Å². The molecule has 2 aliphatic heterocycles. The Morgan fingerprint density at radius 1 is 0.792 bits per heavy atom. The minimum Gasteiger partial charge on any atom is -0.314 e. The van der Waals surface area contributed by atoms with Gasteiger partial charge in [0.05, 0.1) is 9.79 Å². The molecule has 136 valence electrons. The van der Waals surface area contributed by atoms with Crippen LogP contribution >= 0.6 is 12.4 Å². The average molecular weight is 396 g/mol. The fourth-order valence-electron chi connectivity index (χ4n) is 2.91. The van der Waals surface area contributed by atoms with Crippen LogP contribution in [-0.2, 0) is 20.0 Å². The van der Waals surface area contributed by atoms with Crippen LogP contribution in [0.5, 0.6) is 0 Å². The summed E-state index contributed by atoms with van der Waals surface area (Å²) in [7, 11) is -7.27. The standard InChI is InChI=1S/C14H21N3O4S2.ClH/c18-22(19,16-8-1-2-9-16)13-4-3-5-14(12-13)23(20,21)17-10-6-15-7-11-17;/h3-5,12,15H,1-2,6-11H2;1H. The van der Waals surface area contributed by atoms with E-state index in [-0.39, 0.29) is 22.2 Å². The van der Waals surface area contributed by atoms with Gasteiger partial charge in [-0.25, -0.2) is 16.8 Å². The summed E-state index contributed by atoms with van der Waals surface area (Å²) in [6.07, 6.45) is 1.69. The molecule has 0 atom stereocenters.